The van der Waals surface area contributed by atoms with E-state index in [1.165, 1.54) is 5.57 Å². The number of thioether (sulfide) groups is 1. The summed E-state index contributed by atoms with van der Waals surface area (Å²) in [6.07, 6.45) is 1.69. The third-order valence-electron chi connectivity index (χ3n) is 2.99. The number of Topliss-reactive ketones (excluding diaryl/α,β-unsaturated/α-hetero) is 1. The van der Waals surface area contributed by atoms with E-state index in [9.17, 15) is 4.79 Å². The number of hydrogen-bond donors (Lipinski definition) is 0. The van der Waals surface area contributed by atoms with Crippen molar-refractivity contribution in [2.24, 2.45) is 5.41 Å². The van der Waals surface area contributed by atoms with E-state index in [-0.39, 0.29) is 5.41 Å². The Morgan fingerprint density at radius 3 is 2.35 bits per heavy atom. The smallest absolute Gasteiger partial charge is 0.170 e. The van der Waals surface area contributed by atoms with Crippen LogP contribution in [-0.4, -0.2) is 5.78 Å². The Hall–Kier alpha value is -1.02. The molecule has 0 fully saturated rings. The molecule has 0 amide bonds. The lowest BCUT2D eigenvalue weighted by Crippen LogP contribution is -2.23. The van der Waals surface area contributed by atoms with Crippen LogP contribution >= 0.6 is 11.8 Å². The monoisotopic (exact) mass is 246 g/mol. The number of benzene rings is 1. The molecule has 0 N–H and O–H groups in total. The summed E-state index contributed by atoms with van der Waals surface area (Å²) >= 11 is 1.61. The lowest BCUT2D eigenvalue weighted by molar-refractivity contribution is -0.117. The van der Waals surface area contributed by atoms with Gasteiger partial charge >= 0.3 is 0 Å². The van der Waals surface area contributed by atoms with Gasteiger partial charge in [-0.05, 0) is 30.9 Å². The lowest BCUT2D eigenvalue weighted by atomic mass is 9.77. The topological polar surface area (TPSA) is 17.1 Å². The molecule has 1 nitrogen and oxygen atoms in total. The van der Waals surface area contributed by atoms with Gasteiger partial charge in [0.2, 0.25) is 0 Å². The highest BCUT2D eigenvalue weighted by Crippen LogP contribution is 2.42. The van der Waals surface area contributed by atoms with Gasteiger partial charge in [-0.2, -0.15) is 0 Å². The Morgan fingerprint density at radius 2 is 1.76 bits per heavy atom. The molecule has 1 aromatic rings. The maximum Gasteiger partial charge on any atom is 0.170 e. The molecule has 2 rings (SSSR count). The maximum absolute atomic E-state index is 12.1. The van der Waals surface area contributed by atoms with E-state index < -0.39 is 0 Å². The second-order valence-electron chi connectivity index (χ2n) is 5.47. The van der Waals surface area contributed by atoms with Crippen LogP contribution in [0.15, 0.2) is 45.7 Å². The highest BCUT2D eigenvalue weighted by Gasteiger charge is 2.31. The molecule has 0 unspecified atom stereocenters. The van der Waals surface area contributed by atoms with Crippen molar-refractivity contribution in [3.63, 3.8) is 0 Å². The van der Waals surface area contributed by atoms with Crippen molar-refractivity contribution in [3.05, 3.63) is 40.8 Å². The second-order valence-corrected chi connectivity index (χ2v) is 6.55. The largest absolute Gasteiger partial charge is 0.294 e. The third kappa shape index (κ3) is 3.01. The summed E-state index contributed by atoms with van der Waals surface area (Å²) in [4.78, 5) is 14.2. The Bertz CT molecular complexity index is 457. The van der Waals surface area contributed by atoms with Crippen LogP contribution in [0.5, 0.6) is 0 Å². The van der Waals surface area contributed by atoms with Crippen LogP contribution in [-0.2, 0) is 4.79 Å². The Labute approximate surface area is 107 Å². The van der Waals surface area contributed by atoms with Crippen molar-refractivity contribution in [1.29, 1.82) is 0 Å². The summed E-state index contributed by atoms with van der Waals surface area (Å²) in [5.74, 6) is 0.299. The van der Waals surface area contributed by atoms with Crippen molar-refractivity contribution in [2.45, 2.75) is 38.5 Å². The first-order valence-corrected chi connectivity index (χ1v) is 6.75. The third-order valence-corrected chi connectivity index (χ3v) is 4.27. The van der Waals surface area contributed by atoms with Crippen LogP contribution in [0.4, 0.5) is 0 Å². The van der Waals surface area contributed by atoms with E-state index in [0.717, 1.165) is 16.2 Å². The molecule has 0 heterocycles. The SMILES string of the molecule is CC1=C(Sc2ccccc2)C(=O)CC(C)(C)C1. The molecule has 1 aromatic carbocycles. The van der Waals surface area contributed by atoms with Crippen molar-refractivity contribution >= 4 is 17.5 Å². The normalized spacial score (nSPS) is 19.6. The second kappa shape index (κ2) is 4.69. The van der Waals surface area contributed by atoms with E-state index >= 15 is 0 Å². The Balaban J connectivity index is 2.24. The number of carbonyl (C=O) groups is 1. The molecule has 0 spiro atoms. The van der Waals surface area contributed by atoms with Gasteiger partial charge in [-0.3, -0.25) is 4.79 Å². The van der Waals surface area contributed by atoms with Crippen LogP contribution < -0.4 is 0 Å². The molecule has 0 saturated carbocycles. The summed E-state index contributed by atoms with van der Waals surface area (Å²) in [6, 6.07) is 10.1. The van der Waals surface area contributed by atoms with E-state index in [1.807, 2.05) is 18.2 Å². The standard InChI is InChI=1S/C15H18OS/c1-11-9-15(2,3)10-13(16)14(11)17-12-7-5-4-6-8-12/h4-8H,9-10H2,1-3H3. The highest BCUT2D eigenvalue weighted by molar-refractivity contribution is 8.04. The molecular weight excluding hydrogens is 228 g/mol. The molecule has 2 heteroatoms. The number of hydrogen-bond acceptors (Lipinski definition) is 2. The van der Waals surface area contributed by atoms with Crippen LogP contribution in [0.2, 0.25) is 0 Å². The van der Waals surface area contributed by atoms with E-state index in [0.29, 0.717) is 12.2 Å². The molecule has 0 aromatic heterocycles. The first-order valence-electron chi connectivity index (χ1n) is 5.94. The molecular formula is C15H18OS. The van der Waals surface area contributed by atoms with Gasteiger partial charge in [-0.1, -0.05) is 49.4 Å². The first-order chi connectivity index (χ1) is 7.98. The van der Waals surface area contributed by atoms with E-state index in [2.05, 4.69) is 32.9 Å². The minimum Gasteiger partial charge on any atom is -0.294 e. The van der Waals surface area contributed by atoms with Crippen LogP contribution in [0.25, 0.3) is 0 Å². The first kappa shape index (κ1) is 12.4. The zero-order valence-corrected chi connectivity index (χ0v) is 11.4. The van der Waals surface area contributed by atoms with Gasteiger partial charge in [0.1, 0.15) is 0 Å². The summed E-state index contributed by atoms with van der Waals surface area (Å²) in [6.45, 7) is 6.42. The molecule has 0 aliphatic heterocycles. The van der Waals surface area contributed by atoms with Gasteiger partial charge in [0.05, 0.1) is 4.91 Å². The van der Waals surface area contributed by atoms with Crippen LogP contribution in [0.3, 0.4) is 0 Å². The molecule has 0 bridgehead atoms. The lowest BCUT2D eigenvalue weighted by Gasteiger charge is -2.30. The van der Waals surface area contributed by atoms with Gasteiger partial charge in [0.25, 0.3) is 0 Å². The van der Waals surface area contributed by atoms with Gasteiger partial charge in [0.15, 0.2) is 5.78 Å². The average Bonchev–Trinajstić information content (AvgIpc) is 2.24. The van der Waals surface area contributed by atoms with Gasteiger partial charge in [-0.25, -0.2) is 0 Å². The quantitative estimate of drug-likeness (QED) is 0.767. The van der Waals surface area contributed by atoms with Crippen molar-refractivity contribution in [2.75, 3.05) is 0 Å². The minimum atomic E-state index is 0.127. The fourth-order valence-corrected chi connectivity index (χ4v) is 3.33. The zero-order valence-electron chi connectivity index (χ0n) is 10.6. The predicted octanol–water partition coefficient (Wildman–Crippen LogP) is 4.44. The van der Waals surface area contributed by atoms with Crippen LogP contribution in [0, 0.1) is 5.41 Å². The number of carbonyl (C=O) groups excluding carboxylic acids is 1. The summed E-state index contributed by atoms with van der Waals surface area (Å²) in [5, 5.41) is 0. The van der Waals surface area contributed by atoms with Crippen molar-refractivity contribution < 1.29 is 4.79 Å². The van der Waals surface area contributed by atoms with Crippen LogP contribution in [0.1, 0.15) is 33.6 Å². The summed E-state index contributed by atoms with van der Waals surface area (Å²) in [7, 11) is 0. The van der Waals surface area contributed by atoms with Crippen molar-refractivity contribution in [1.82, 2.24) is 0 Å². The fourth-order valence-electron chi connectivity index (χ4n) is 2.36. The van der Waals surface area contributed by atoms with E-state index in [4.69, 9.17) is 0 Å². The average molecular weight is 246 g/mol. The summed E-state index contributed by atoms with van der Waals surface area (Å²) in [5.41, 5.74) is 1.36. The molecule has 0 saturated heterocycles. The highest BCUT2D eigenvalue weighted by atomic mass is 32.2. The Kier molecular flexibility index (Phi) is 3.43. The van der Waals surface area contributed by atoms with Gasteiger partial charge < -0.3 is 0 Å². The molecule has 90 valence electrons. The maximum atomic E-state index is 12.1. The Morgan fingerprint density at radius 1 is 1.12 bits per heavy atom. The number of ketones is 1. The molecule has 0 radical (unpaired) electrons. The number of allylic oxidation sites excluding steroid dienone is 2. The number of rotatable bonds is 2. The van der Waals surface area contributed by atoms with Gasteiger partial charge in [-0.15, -0.1) is 0 Å². The predicted molar refractivity (Wildman–Crippen MR) is 73.0 cm³/mol. The zero-order chi connectivity index (χ0) is 12.5. The molecule has 0 atom stereocenters. The van der Waals surface area contributed by atoms with E-state index in [1.54, 1.807) is 11.8 Å². The summed E-state index contributed by atoms with van der Waals surface area (Å²) < 4.78 is 0. The van der Waals surface area contributed by atoms with Crippen molar-refractivity contribution in [3.8, 4) is 0 Å². The fraction of sp³-hybridized carbons (Fsp3) is 0.400. The molecule has 1 aliphatic rings. The van der Waals surface area contributed by atoms with Gasteiger partial charge in [0, 0.05) is 11.3 Å². The minimum absolute atomic E-state index is 0.127. The molecule has 17 heavy (non-hydrogen) atoms. The molecule has 1 aliphatic carbocycles.